The maximum atomic E-state index is 9.94. The molecule has 1 N–H and O–H groups in total. The van der Waals surface area contributed by atoms with E-state index < -0.39 is 0 Å². The fourth-order valence-electron chi connectivity index (χ4n) is 4.41. The van der Waals surface area contributed by atoms with Crippen molar-refractivity contribution in [3.8, 4) is 5.69 Å². The summed E-state index contributed by atoms with van der Waals surface area (Å²) in [6.07, 6.45) is 0.765. The molecule has 0 amide bonds. The molecule has 2 fully saturated rings. The third kappa shape index (κ3) is 3.36. The smallest absolute Gasteiger partial charge is 0.0682 e. The third-order valence-electron chi connectivity index (χ3n) is 5.62. The minimum Gasteiger partial charge on any atom is -0.392 e. The largest absolute Gasteiger partial charge is 0.392 e. The Hall–Kier alpha value is -1.69. The molecule has 25 heavy (non-hydrogen) atoms. The summed E-state index contributed by atoms with van der Waals surface area (Å²) < 4.78 is 2.02. The second-order valence-electron chi connectivity index (χ2n) is 7.78. The molecule has 134 valence electrons. The quantitative estimate of drug-likeness (QED) is 0.930. The molecule has 2 aliphatic heterocycles. The van der Waals surface area contributed by atoms with Gasteiger partial charge in [-0.2, -0.15) is 5.10 Å². The van der Waals surface area contributed by atoms with E-state index in [1.165, 1.54) is 5.56 Å². The predicted octanol–water partition coefficient (Wildman–Crippen LogP) is 2.13. The van der Waals surface area contributed by atoms with E-state index in [-0.39, 0.29) is 6.10 Å². The first kappa shape index (κ1) is 16.8. The lowest BCUT2D eigenvalue weighted by atomic mass is 10.1. The standard InChI is InChI=1S/C20H28N4O/c1-14-7-15(2)24(21-14)18-6-4-5-17(8-18)11-22-12-19-9-20(25)13-23(19)10-16(22)3/h4-8,16,19-20,25H,9-13H2,1-3H3/t16-,19?,20+/m0/s1. The Balaban J connectivity index is 1.51. The first-order valence-corrected chi connectivity index (χ1v) is 9.28. The molecule has 4 rings (SSSR count). The van der Waals surface area contributed by atoms with Crippen LogP contribution in [0, 0.1) is 13.8 Å². The van der Waals surface area contributed by atoms with Gasteiger partial charge in [-0.05, 0) is 51.0 Å². The van der Waals surface area contributed by atoms with Crippen LogP contribution in [0.4, 0.5) is 0 Å². The molecule has 2 aromatic rings. The highest BCUT2D eigenvalue weighted by molar-refractivity contribution is 5.37. The average Bonchev–Trinajstić information content (AvgIpc) is 3.08. The van der Waals surface area contributed by atoms with Gasteiger partial charge in [0.05, 0.1) is 17.5 Å². The van der Waals surface area contributed by atoms with Crippen molar-refractivity contribution in [2.75, 3.05) is 19.6 Å². The number of hydrogen-bond acceptors (Lipinski definition) is 4. The lowest BCUT2D eigenvalue weighted by Gasteiger charge is -2.42. The number of fused-ring (bicyclic) bond motifs is 1. The molecular weight excluding hydrogens is 312 g/mol. The van der Waals surface area contributed by atoms with E-state index in [1.54, 1.807) is 0 Å². The number of nitrogens with zero attached hydrogens (tertiary/aromatic N) is 4. The number of aromatic nitrogens is 2. The summed E-state index contributed by atoms with van der Waals surface area (Å²) in [7, 11) is 0. The average molecular weight is 340 g/mol. The number of aliphatic hydroxyl groups is 1. The molecule has 2 saturated heterocycles. The third-order valence-corrected chi connectivity index (χ3v) is 5.62. The van der Waals surface area contributed by atoms with Gasteiger partial charge in [0.15, 0.2) is 0 Å². The number of benzene rings is 1. The minimum absolute atomic E-state index is 0.147. The summed E-state index contributed by atoms with van der Waals surface area (Å²) in [5.41, 5.74) is 4.67. The van der Waals surface area contributed by atoms with Crippen LogP contribution in [0.2, 0.25) is 0 Å². The monoisotopic (exact) mass is 340 g/mol. The molecule has 1 aromatic carbocycles. The van der Waals surface area contributed by atoms with Gasteiger partial charge in [0.25, 0.3) is 0 Å². The minimum atomic E-state index is -0.147. The van der Waals surface area contributed by atoms with E-state index >= 15 is 0 Å². The van der Waals surface area contributed by atoms with Crippen molar-refractivity contribution in [1.29, 1.82) is 0 Å². The Morgan fingerprint density at radius 2 is 2.00 bits per heavy atom. The zero-order chi connectivity index (χ0) is 17.6. The molecule has 0 spiro atoms. The van der Waals surface area contributed by atoms with Gasteiger partial charge in [-0.3, -0.25) is 9.80 Å². The molecule has 5 heteroatoms. The van der Waals surface area contributed by atoms with Crippen molar-refractivity contribution >= 4 is 0 Å². The van der Waals surface area contributed by atoms with Crippen LogP contribution in [-0.4, -0.2) is 62.5 Å². The molecule has 5 nitrogen and oxygen atoms in total. The fourth-order valence-corrected chi connectivity index (χ4v) is 4.41. The van der Waals surface area contributed by atoms with Crippen LogP contribution in [0.1, 0.15) is 30.3 Å². The van der Waals surface area contributed by atoms with Gasteiger partial charge in [0.1, 0.15) is 0 Å². The van der Waals surface area contributed by atoms with Gasteiger partial charge < -0.3 is 5.11 Å². The molecular formula is C20H28N4O. The number of hydrogen-bond donors (Lipinski definition) is 1. The Morgan fingerprint density at radius 3 is 2.76 bits per heavy atom. The van der Waals surface area contributed by atoms with Crippen LogP contribution < -0.4 is 0 Å². The van der Waals surface area contributed by atoms with Crippen LogP contribution >= 0.6 is 0 Å². The second kappa shape index (κ2) is 6.56. The van der Waals surface area contributed by atoms with Gasteiger partial charge in [-0.15, -0.1) is 0 Å². The van der Waals surface area contributed by atoms with Gasteiger partial charge in [0, 0.05) is 44.0 Å². The SMILES string of the molecule is Cc1cc(C)n(-c2cccc(CN3CC4C[C@@H](O)CN4C[C@@H]3C)c2)n1. The van der Waals surface area contributed by atoms with Crippen molar-refractivity contribution in [3.05, 3.63) is 47.3 Å². The number of aryl methyl sites for hydroxylation is 2. The summed E-state index contributed by atoms with van der Waals surface area (Å²) >= 11 is 0. The molecule has 0 radical (unpaired) electrons. The molecule has 0 saturated carbocycles. The van der Waals surface area contributed by atoms with Crippen LogP contribution in [0.15, 0.2) is 30.3 Å². The number of aliphatic hydroxyl groups excluding tert-OH is 1. The van der Waals surface area contributed by atoms with Gasteiger partial charge in [-0.25, -0.2) is 4.68 Å². The summed E-state index contributed by atoms with van der Waals surface area (Å²) in [5.74, 6) is 0. The Labute approximate surface area is 149 Å². The van der Waals surface area contributed by atoms with E-state index in [0.717, 1.165) is 49.7 Å². The van der Waals surface area contributed by atoms with Gasteiger partial charge >= 0.3 is 0 Å². The zero-order valence-electron chi connectivity index (χ0n) is 15.4. The normalized spacial score (nSPS) is 27.6. The molecule has 2 aliphatic rings. The second-order valence-corrected chi connectivity index (χ2v) is 7.78. The van der Waals surface area contributed by atoms with Gasteiger partial charge in [0.2, 0.25) is 0 Å². The molecule has 0 aliphatic carbocycles. The van der Waals surface area contributed by atoms with Gasteiger partial charge in [-0.1, -0.05) is 12.1 Å². The van der Waals surface area contributed by atoms with E-state index in [9.17, 15) is 5.11 Å². The molecule has 1 aromatic heterocycles. The van der Waals surface area contributed by atoms with E-state index in [0.29, 0.717) is 12.1 Å². The number of rotatable bonds is 3. The fraction of sp³-hybridized carbons (Fsp3) is 0.550. The van der Waals surface area contributed by atoms with Crippen molar-refractivity contribution in [2.24, 2.45) is 0 Å². The van der Waals surface area contributed by atoms with E-state index in [4.69, 9.17) is 0 Å². The topological polar surface area (TPSA) is 44.5 Å². The Bertz CT molecular complexity index is 756. The van der Waals surface area contributed by atoms with E-state index in [1.807, 2.05) is 11.6 Å². The first-order chi connectivity index (χ1) is 12.0. The lowest BCUT2D eigenvalue weighted by Crippen LogP contribution is -2.54. The Kier molecular flexibility index (Phi) is 4.40. The van der Waals surface area contributed by atoms with Crippen LogP contribution in [-0.2, 0) is 6.54 Å². The molecule has 1 unspecified atom stereocenters. The highest BCUT2D eigenvalue weighted by atomic mass is 16.3. The maximum absolute atomic E-state index is 9.94. The first-order valence-electron chi connectivity index (χ1n) is 9.28. The van der Waals surface area contributed by atoms with E-state index in [2.05, 4.69) is 59.1 Å². The maximum Gasteiger partial charge on any atom is 0.0682 e. The molecule has 3 heterocycles. The zero-order valence-corrected chi connectivity index (χ0v) is 15.4. The molecule has 0 bridgehead atoms. The highest BCUT2D eigenvalue weighted by Gasteiger charge is 2.37. The molecule has 3 atom stereocenters. The predicted molar refractivity (Wildman–Crippen MR) is 98.9 cm³/mol. The van der Waals surface area contributed by atoms with Crippen LogP contribution in [0.3, 0.4) is 0 Å². The summed E-state index contributed by atoms with van der Waals surface area (Å²) in [5, 5.41) is 14.5. The summed E-state index contributed by atoms with van der Waals surface area (Å²) in [6.45, 7) is 10.3. The summed E-state index contributed by atoms with van der Waals surface area (Å²) in [4.78, 5) is 5.01. The van der Waals surface area contributed by atoms with Crippen molar-refractivity contribution in [2.45, 2.75) is 51.9 Å². The summed E-state index contributed by atoms with van der Waals surface area (Å²) in [6, 6.07) is 11.8. The van der Waals surface area contributed by atoms with Crippen LogP contribution in [0.25, 0.3) is 5.69 Å². The van der Waals surface area contributed by atoms with Crippen molar-refractivity contribution < 1.29 is 5.11 Å². The number of piperazine rings is 1. The van der Waals surface area contributed by atoms with Crippen LogP contribution in [0.5, 0.6) is 0 Å². The lowest BCUT2D eigenvalue weighted by molar-refractivity contribution is 0.0528. The highest BCUT2D eigenvalue weighted by Crippen LogP contribution is 2.26. The van der Waals surface area contributed by atoms with Crippen molar-refractivity contribution in [3.63, 3.8) is 0 Å². The van der Waals surface area contributed by atoms with Crippen molar-refractivity contribution in [1.82, 2.24) is 19.6 Å². The Morgan fingerprint density at radius 1 is 1.16 bits per heavy atom.